The van der Waals surface area contributed by atoms with E-state index in [1.165, 1.54) is 66.0 Å². The van der Waals surface area contributed by atoms with Crippen LogP contribution >= 0.6 is 0 Å². The van der Waals surface area contributed by atoms with Crippen LogP contribution in [0.1, 0.15) is 91.9 Å². The van der Waals surface area contributed by atoms with Gasteiger partial charge in [-0.25, -0.2) is 0 Å². The Bertz CT molecular complexity index is 1040. The van der Waals surface area contributed by atoms with Crippen molar-refractivity contribution in [1.82, 2.24) is 4.98 Å². The molecule has 4 nitrogen and oxygen atoms in total. The first-order valence-corrected chi connectivity index (χ1v) is 12.2. The molecule has 0 radical (unpaired) electrons. The Balaban J connectivity index is 1.54. The molecule has 1 spiro atoms. The van der Waals surface area contributed by atoms with Crippen LogP contribution in [-0.2, 0) is 25.7 Å². The van der Waals surface area contributed by atoms with Crippen molar-refractivity contribution in [3.8, 4) is 6.07 Å². The third-order valence-electron chi connectivity index (χ3n) is 8.14. The number of fused-ring (bicyclic) bond motifs is 1. The Labute approximate surface area is 186 Å². The van der Waals surface area contributed by atoms with Crippen molar-refractivity contribution in [3.05, 3.63) is 51.8 Å². The largest absolute Gasteiger partial charge is 0.398 e. The summed E-state index contributed by atoms with van der Waals surface area (Å²) < 4.78 is 0. The zero-order valence-electron chi connectivity index (χ0n) is 19.0. The lowest BCUT2D eigenvalue weighted by Gasteiger charge is -2.60. The van der Waals surface area contributed by atoms with E-state index in [0.717, 1.165) is 38.5 Å². The number of nitriles is 1. The Morgan fingerprint density at radius 1 is 1.26 bits per heavy atom. The highest BCUT2D eigenvalue weighted by molar-refractivity contribution is 5.64. The quantitative estimate of drug-likeness (QED) is 0.660. The minimum Gasteiger partial charge on any atom is -0.398 e. The predicted octanol–water partition coefficient (Wildman–Crippen LogP) is 5.46. The highest BCUT2D eigenvalue weighted by Gasteiger charge is 2.50. The van der Waals surface area contributed by atoms with Crippen molar-refractivity contribution in [3.63, 3.8) is 0 Å². The number of rotatable bonds is 5. The van der Waals surface area contributed by atoms with Gasteiger partial charge in [-0.1, -0.05) is 26.3 Å². The summed E-state index contributed by atoms with van der Waals surface area (Å²) in [5, 5.41) is 9.90. The monoisotopic (exact) mass is 414 g/mol. The molecule has 1 saturated carbocycles. The lowest BCUT2D eigenvalue weighted by Crippen LogP contribution is -2.64. The molecule has 2 N–H and O–H groups in total. The molecular weight excluding hydrogens is 380 g/mol. The molecule has 1 unspecified atom stereocenters. The number of nitrogens with two attached hydrogens (primary N) is 1. The fourth-order valence-electron chi connectivity index (χ4n) is 6.21. The number of benzene rings is 1. The lowest BCUT2D eigenvalue weighted by molar-refractivity contribution is 0.151. The molecule has 5 rings (SSSR count). The molecule has 31 heavy (non-hydrogen) atoms. The zero-order chi connectivity index (χ0) is 21.6. The first kappa shape index (κ1) is 20.4. The number of anilines is 2. The SMILES string of the molecule is CCCc1ccc(N)c(C#N)c1C1CCc2c(N3CCC34CCC4)cc(CC)nc2C1. The van der Waals surface area contributed by atoms with Gasteiger partial charge in [0.1, 0.15) is 6.07 Å². The molecule has 0 amide bonds. The number of pyridine rings is 1. The fraction of sp³-hybridized carbons (Fsp3) is 0.556. The lowest BCUT2D eigenvalue weighted by atomic mass is 9.67. The van der Waals surface area contributed by atoms with Gasteiger partial charge < -0.3 is 10.6 Å². The van der Waals surface area contributed by atoms with E-state index in [4.69, 9.17) is 10.7 Å². The van der Waals surface area contributed by atoms with E-state index in [1.54, 1.807) is 0 Å². The molecule has 2 fully saturated rings. The van der Waals surface area contributed by atoms with Crippen LogP contribution in [0.15, 0.2) is 18.2 Å². The van der Waals surface area contributed by atoms with Crippen molar-refractivity contribution in [2.24, 2.45) is 0 Å². The Morgan fingerprint density at radius 2 is 2.10 bits per heavy atom. The summed E-state index contributed by atoms with van der Waals surface area (Å²) in [7, 11) is 0. The van der Waals surface area contributed by atoms with Crippen molar-refractivity contribution in [1.29, 1.82) is 5.26 Å². The van der Waals surface area contributed by atoms with E-state index in [-0.39, 0.29) is 0 Å². The Kier molecular flexibility index (Phi) is 5.16. The normalized spacial score (nSPS) is 21.2. The van der Waals surface area contributed by atoms with Gasteiger partial charge >= 0.3 is 0 Å². The summed E-state index contributed by atoms with van der Waals surface area (Å²) in [6, 6.07) is 8.86. The topological polar surface area (TPSA) is 65.9 Å². The summed E-state index contributed by atoms with van der Waals surface area (Å²) in [6.45, 7) is 5.60. The van der Waals surface area contributed by atoms with Gasteiger partial charge in [-0.2, -0.15) is 5.26 Å². The molecule has 1 atom stereocenters. The number of aromatic nitrogens is 1. The zero-order valence-corrected chi connectivity index (χ0v) is 19.0. The van der Waals surface area contributed by atoms with Gasteiger partial charge in [0.05, 0.1) is 5.56 Å². The Morgan fingerprint density at radius 3 is 2.71 bits per heavy atom. The van der Waals surface area contributed by atoms with Crippen LogP contribution in [0.25, 0.3) is 0 Å². The van der Waals surface area contributed by atoms with E-state index < -0.39 is 0 Å². The third-order valence-corrected chi connectivity index (χ3v) is 8.14. The molecule has 162 valence electrons. The highest BCUT2D eigenvalue weighted by Crippen LogP contribution is 2.51. The van der Waals surface area contributed by atoms with Crippen LogP contribution in [-0.4, -0.2) is 17.1 Å². The second kappa shape index (κ2) is 7.86. The standard InChI is InChI=1S/C27H34N4/c1-3-6-18-8-10-23(29)22(17-28)26(18)19-7-9-21-24(15-19)30-20(4-2)16-25(21)31-14-13-27(31)11-5-12-27/h8,10,16,19H,3-7,9,11-15,29H2,1-2H3. The average molecular weight is 415 g/mol. The number of hydrogen-bond donors (Lipinski definition) is 1. The van der Waals surface area contributed by atoms with Gasteiger partial charge in [0.2, 0.25) is 0 Å². The molecule has 1 aromatic carbocycles. The van der Waals surface area contributed by atoms with E-state index in [1.807, 2.05) is 6.07 Å². The van der Waals surface area contributed by atoms with Gasteiger partial charge in [-0.15, -0.1) is 0 Å². The fourth-order valence-corrected chi connectivity index (χ4v) is 6.21. The molecule has 0 bridgehead atoms. The number of nitrogen functional groups attached to an aromatic ring is 1. The maximum atomic E-state index is 9.90. The highest BCUT2D eigenvalue weighted by atomic mass is 15.3. The summed E-state index contributed by atoms with van der Waals surface area (Å²) >= 11 is 0. The van der Waals surface area contributed by atoms with Gasteiger partial charge in [-0.3, -0.25) is 4.98 Å². The van der Waals surface area contributed by atoms with Crippen LogP contribution < -0.4 is 10.6 Å². The summed E-state index contributed by atoms with van der Waals surface area (Å²) in [4.78, 5) is 7.82. The summed E-state index contributed by atoms with van der Waals surface area (Å²) in [6.07, 6.45) is 11.5. The maximum Gasteiger partial charge on any atom is 0.102 e. The molecule has 4 heteroatoms. The van der Waals surface area contributed by atoms with Crippen molar-refractivity contribution >= 4 is 11.4 Å². The van der Waals surface area contributed by atoms with Crippen LogP contribution in [0.5, 0.6) is 0 Å². The van der Waals surface area contributed by atoms with Gasteiger partial charge in [0, 0.05) is 34.8 Å². The number of hydrogen-bond acceptors (Lipinski definition) is 4. The van der Waals surface area contributed by atoms with Gasteiger partial charge in [-0.05, 0) is 92.5 Å². The van der Waals surface area contributed by atoms with Crippen LogP contribution in [0.2, 0.25) is 0 Å². The minimum absolute atomic E-state index is 0.328. The first-order chi connectivity index (χ1) is 15.1. The van der Waals surface area contributed by atoms with Crippen LogP contribution in [0, 0.1) is 11.3 Å². The van der Waals surface area contributed by atoms with Crippen molar-refractivity contribution in [2.45, 2.75) is 89.5 Å². The van der Waals surface area contributed by atoms with Gasteiger partial charge in [0.15, 0.2) is 0 Å². The molecule has 2 aliphatic carbocycles. The summed E-state index contributed by atoms with van der Waals surface area (Å²) in [5.74, 6) is 0.328. The van der Waals surface area contributed by atoms with Crippen LogP contribution in [0.4, 0.5) is 11.4 Å². The third kappa shape index (κ3) is 3.21. The molecule has 2 heterocycles. The van der Waals surface area contributed by atoms with E-state index in [2.05, 4.69) is 36.9 Å². The number of aryl methyl sites for hydroxylation is 2. The predicted molar refractivity (Wildman–Crippen MR) is 126 cm³/mol. The molecule has 1 aromatic heterocycles. The average Bonchev–Trinajstić information content (AvgIpc) is 2.72. The van der Waals surface area contributed by atoms with Crippen LogP contribution in [0.3, 0.4) is 0 Å². The second-order valence-corrected chi connectivity index (χ2v) is 9.80. The van der Waals surface area contributed by atoms with Gasteiger partial charge in [0.25, 0.3) is 0 Å². The molecule has 1 aliphatic heterocycles. The molecular formula is C27H34N4. The molecule has 1 saturated heterocycles. The smallest absolute Gasteiger partial charge is 0.102 e. The Hall–Kier alpha value is -2.54. The maximum absolute atomic E-state index is 9.90. The summed E-state index contributed by atoms with van der Waals surface area (Å²) in [5.41, 5.74) is 15.9. The van der Waals surface area contributed by atoms with Crippen molar-refractivity contribution < 1.29 is 0 Å². The molecule has 3 aliphatic rings. The van der Waals surface area contributed by atoms with Crippen molar-refractivity contribution in [2.75, 3.05) is 17.2 Å². The number of nitrogens with zero attached hydrogens (tertiary/aromatic N) is 3. The second-order valence-electron chi connectivity index (χ2n) is 9.80. The molecule has 2 aromatic rings. The van der Waals surface area contributed by atoms with E-state index >= 15 is 0 Å². The minimum atomic E-state index is 0.328. The van der Waals surface area contributed by atoms with E-state index in [0.29, 0.717) is 22.7 Å². The van der Waals surface area contributed by atoms with E-state index in [9.17, 15) is 5.26 Å². The first-order valence-electron chi connectivity index (χ1n) is 12.2.